The number of hydrogen-bond acceptors (Lipinski definition) is 4. The molecule has 0 aliphatic heterocycles. The quantitative estimate of drug-likeness (QED) is 0.681. The number of aromatic amines is 2. The molecule has 1 aromatic carbocycles. The lowest BCUT2D eigenvalue weighted by Gasteiger charge is -2.05. The van der Waals surface area contributed by atoms with E-state index in [1.807, 2.05) is 18.2 Å². The first kappa shape index (κ1) is 11.7. The molecule has 3 N–H and O–H groups in total. The Kier molecular flexibility index (Phi) is 2.92. The van der Waals surface area contributed by atoms with Crippen molar-refractivity contribution in [2.24, 2.45) is 0 Å². The highest BCUT2D eigenvalue weighted by Crippen LogP contribution is 2.12. The third-order valence-corrected chi connectivity index (χ3v) is 2.84. The minimum atomic E-state index is -0.208. The van der Waals surface area contributed by atoms with Crippen LogP contribution in [0.5, 0.6) is 0 Å². The Labute approximate surface area is 112 Å². The molecule has 2 heterocycles. The molecule has 7 heteroatoms. The van der Waals surface area contributed by atoms with Gasteiger partial charge in [-0.1, -0.05) is 17.7 Å². The van der Waals surface area contributed by atoms with Crippen LogP contribution in [0.25, 0.3) is 11.0 Å². The second-order valence-electron chi connectivity index (χ2n) is 4.04. The third kappa shape index (κ3) is 2.58. The van der Waals surface area contributed by atoms with Crippen molar-refractivity contribution in [1.29, 1.82) is 0 Å². The summed E-state index contributed by atoms with van der Waals surface area (Å²) in [5.41, 5.74) is 2.38. The zero-order chi connectivity index (χ0) is 13.2. The predicted molar refractivity (Wildman–Crippen MR) is 73.3 cm³/mol. The number of nitrogens with zero attached hydrogens (tertiary/aromatic N) is 2. The number of halogens is 1. The van der Waals surface area contributed by atoms with Crippen molar-refractivity contribution in [3.05, 3.63) is 51.8 Å². The van der Waals surface area contributed by atoms with Crippen molar-refractivity contribution in [3.63, 3.8) is 0 Å². The summed E-state index contributed by atoms with van der Waals surface area (Å²) in [6, 6.07) is 5.68. The van der Waals surface area contributed by atoms with Gasteiger partial charge in [0.1, 0.15) is 11.0 Å². The zero-order valence-corrected chi connectivity index (χ0v) is 10.5. The van der Waals surface area contributed by atoms with Crippen LogP contribution in [0.2, 0.25) is 5.15 Å². The van der Waals surface area contributed by atoms with Crippen LogP contribution in [-0.2, 0) is 6.54 Å². The van der Waals surface area contributed by atoms with Gasteiger partial charge in [0.15, 0.2) is 0 Å². The number of anilines is 1. The molecule has 96 valence electrons. The molecule has 0 bridgehead atoms. The Hall–Kier alpha value is -2.34. The molecule has 0 amide bonds. The van der Waals surface area contributed by atoms with Crippen molar-refractivity contribution in [3.8, 4) is 0 Å². The molecule has 3 rings (SSSR count). The fraction of sp³-hybridized carbons (Fsp3) is 0.0833. The smallest absolute Gasteiger partial charge is 0.323 e. The van der Waals surface area contributed by atoms with Gasteiger partial charge in [0.05, 0.1) is 23.4 Å². The lowest BCUT2D eigenvalue weighted by Crippen LogP contribution is -2.01. The van der Waals surface area contributed by atoms with E-state index in [9.17, 15) is 4.79 Å². The van der Waals surface area contributed by atoms with E-state index in [1.54, 1.807) is 6.20 Å². The van der Waals surface area contributed by atoms with Crippen LogP contribution in [-0.4, -0.2) is 19.9 Å². The number of nitrogens with one attached hydrogen (secondary N) is 3. The SMILES string of the molecule is O=c1[nH]c2ccc(CNc3cncc(Cl)n3)cc2[nH]1. The summed E-state index contributed by atoms with van der Waals surface area (Å²) in [7, 11) is 0. The summed E-state index contributed by atoms with van der Waals surface area (Å²) in [5, 5.41) is 3.46. The monoisotopic (exact) mass is 275 g/mol. The number of rotatable bonds is 3. The Morgan fingerprint density at radius 3 is 2.89 bits per heavy atom. The second-order valence-corrected chi connectivity index (χ2v) is 4.43. The summed E-state index contributed by atoms with van der Waals surface area (Å²) < 4.78 is 0. The molecule has 3 aromatic rings. The highest BCUT2D eigenvalue weighted by atomic mass is 35.5. The van der Waals surface area contributed by atoms with Crippen LogP contribution < -0.4 is 11.0 Å². The first-order valence-corrected chi connectivity index (χ1v) is 6.01. The van der Waals surface area contributed by atoms with Crippen LogP contribution in [0.15, 0.2) is 35.4 Å². The van der Waals surface area contributed by atoms with Crippen LogP contribution in [0, 0.1) is 0 Å². The van der Waals surface area contributed by atoms with Gasteiger partial charge in [0, 0.05) is 6.54 Å². The minimum Gasteiger partial charge on any atom is -0.365 e. The molecular weight excluding hydrogens is 266 g/mol. The van der Waals surface area contributed by atoms with Gasteiger partial charge in [-0.3, -0.25) is 4.98 Å². The molecule has 0 atom stereocenters. The average Bonchev–Trinajstić information content (AvgIpc) is 2.75. The van der Waals surface area contributed by atoms with E-state index in [2.05, 4.69) is 25.3 Å². The molecule has 6 nitrogen and oxygen atoms in total. The summed E-state index contributed by atoms with van der Waals surface area (Å²) >= 11 is 5.75. The molecule has 19 heavy (non-hydrogen) atoms. The topological polar surface area (TPSA) is 86.5 Å². The number of hydrogen-bond donors (Lipinski definition) is 3. The molecular formula is C12H10ClN5O. The normalized spacial score (nSPS) is 10.8. The summed E-state index contributed by atoms with van der Waals surface area (Å²) in [4.78, 5) is 24.6. The number of imidazole rings is 1. The van der Waals surface area contributed by atoms with Crippen molar-refractivity contribution in [1.82, 2.24) is 19.9 Å². The Morgan fingerprint density at radius 2 is 2.05 bits per heavy atom. The molecule has 0 aliphatic rings. The highest BCUT2D eigenvalue weighted by Gasteiger charge is 2.01. The third-order valence-electron chi connectivity index (χ3n) is 2.66. The molecule has 2 aromatic heterocycles. The van der Waals surface area contributed by atoms with Crippen molar-refractivity contribution in [2.45, 2.75) is 6.54 Å². The first-order valence-electron chi connectivity index (χ1n) is 5.63. The van der Waals surface area contributed by atoms with Crippen molar-refractivity contribution in [2.75, 3.05) is 5.32 Å². The van der Waals surface area contributed by atoms with Gasteiger partial charge < -0.3 is 15.3 Å². The van der Waals surface area contributed by atoms with Crippen molar-refractivity contribution >= 4 is 28.5 Å². The average molecular weight is 276 g/mol. The number of aromatic nitrogens is 4. The molecule has 0 spiro atoms. The lowest BCUT2D eigenvalue weighted by molar-refractivity contribution is 1.09. The van der Waals surface area contributed by atoms with E-state index in [4.69, 9.17) is 11.6 Å². The van der Waals surface area contributed by atoms with Gasteiger partial charge in [-0.25, -0.2) is 9.78 Å². The fourth-order valence-electron chi connectivity index (χ4n) is 1.81. The summed E-state index contributed by atoms with van der Waals surface area (Å²) in [5.74, 6) is 0.607. The van der Waals surface area contributed by atoms with Gasteiger partial charge in [-0.05, 0) is 17.7 Å². The lowest BCUT2D eigenvalue weighted by atomic mass is 10.2. The van der Waals surface area contributed by atoms with E-state index in [1.165, 1.54) is 6.20 Å². The number of benzene rings is 1. The van der Waals surface area contributed by atoms with E-state index in [0.717, 1.165) is 16.6 Å². The van der Waals surface area contributed by atoms with Gasteiger partial charge in [0.25, 0.3) is 0 Å². The molecule has 0 radical (unpaired) electrons. The Morgan fingerprint density at radius 1 is 1.21 bits per heavy atom. The molecule has 0 aliphatic carbocycles. The van der Waals surface area contributed by atoms with Gasteiger partial charge in [-0.15, -0.1) is 0 Å². The maximum Gasteiger partial charge on any atom is 0.323 e. The molecule has 0 fully saturated rings. The van der Waals surface area contributed by atoms with Crippen LogP contribution in [0.3, 0.4) is 0 Å². The van der Waals surface area contributed by atoms with Gasteiger partial charge in [0.2, 0.25) is 0 Å². The predicted octanol–water partition coefficient (Wildman–Crippen LogP) is 1.91. The van der Waals surface area contributed by atoms with Crippen LogP contribution >= 0.6 is 11.6 Å². The molecule has 0 saturated heterocycles. The van der Waals surface area contributed by atoms with E-state index in [0.29, 0.717) is 17.5 Å². The number of H-pyrrole nitrogens is 2. The Balaban J connectivity index is 1.79. The second kappa shape index (κ2) is 4.74. The highest BCUT2D eigenvalue weighted by molar-refractivity contribution is 6.29. The largest absolute Gasteiger partial charge is 0.365 e. The van der Waals surface area contributed by atoms with Crippen LogP contribution in [0.1, 0.15) is 5.56 Å². The fourth-order valence-corrected chi connectivity index (χ4v) is 1.96. The standard InChI is InChI=1S/C12H10ClN5O/c13-10-5-14-6-11(18-10)15-4-7-1-2-8-9(3-7)17-12(19)16-8/h1-3,5-6H,4H2,(H,15,18)(H2,16,17,19). The maximum absolute atomic E-state index is 11.2. The van der Waals surface area contributed by atoms with Gasteiger partial charge >= 0.3 is 5.69 Å². The molecule has 0 unspecified atom stereocenters. The van der Waals surface area contributed by atoms with Crippen LogP contribution in [0.4, 0.5) is 5.82 Å². The van der Waals surface area contributed by atoms with E-state index >= 15 is 0 Å². The Bertz CT molecular complexity index is 779. The number of fused-ring (bicyclic) bond motifs is 1. The first-order chi connectivity index (χ1) is 9.20. The summed E-state index contributed by atoms with van der Waals surface area (Å²) in [6.45, 7) is 0.568. The van der Waals surface area contributed by atoms with Crippen molar-refractivity contribution < 1.29 is 0 Å². The van der Waals surface area contributed by atoms with Gasteiger partial charge in [-0.2, -0.15) is 0 Å². The minimum absolute atomic E-state index is 0.208. The zero-order valence-electron chi connectivity index (χ0n) is 9.77. The molecule has 0 saturated carbocycles. The van der Waals surface area contributed by atoms with E-state index < -0.39 is 0 Å². The summed E-state index contributed by atoms with van der Waals surface area (Å²) in [6.07, 6.45) is 3.08. The van der Waals surface area contributed by atoms with E-state index in [-0.39, 0.29) is 5.69 Å². The maximum atomic E-state index is 11.2.